The largest absolute Gasteiger partial charge is 0.352 e. The standard InChI is InChI=1S/C17H20ClN5O/c1-10(2)14(19)16-20-15-13(18)11(3)21-23(15)17(24)22(16)9-12-7-5-4-6-8-12/h4-8,10,14H,9,19H2,1-3H3/t14-/m1/s1. The Kier molecular flexibility index (Phi) is 4.43. The fourth-order valence-corrected chi connectivity index (χ4v) is 2.73. The number of aromatic nitrogens is 4. The first-order chi connectivity index (χ1) is 11.4. The lowest BCUT2D eigenvalue weighted by Gasteiger charge is -2.20. The van der Waals surface area contributed by atoms with Crippen LogP contribution in [0.2, 0.25) is 5.02 Å². The van der Waals surface area contributed by atoms with E-state index >= 15 is 0 Å². The maximum absolute atomic E-state index is 13.0. The lowest BCUT2D eigenvalue weighted by Crippen LogP contribution is -2.35. The van der Waals surface area contributed by atoms with Crippen molar-refractivity contribution in [1.82, 2.24) is 19.2 Å². The number of rotatable bonds is 4. The fourth-order valence-electron chi connectivity index (χ4n) is 2.57. The minimum absolute atomic E-state index is 0.129. The summed E-state index contributed by atoms with van der Waals surface area (Å²) in [4.78, 5) is 17.5. The maximum Gasteiger partial charge on any atom is 0.352 e. The van der Waals surface area contributed by atoms with Gasteiger partial charge in [-0.1, -0.05) is 55.8 Å². The van der Waals surface area contributed by atoms with Crippen molar-refractivity contribution >= 4 is 17.2 Å². The molecule has 2 N–H and O–H groups in total. The summed E-state index contributed by atoms with van der Waals surface area (Å²) in [6, 6.07) is 9.35. The number of halogens is 1. The predicted molar refractivity (Wildman–Crippen MR) is 94.3 cm³/mol. The summed E-state index contributed by atoms with van der Waals surface area (Å²) in [7, 11) is 0. The Labute approximate surface area is 144 Å². The molecule has 7 heteroatoms. The molecule has 0 saturated heterocycles. The number of hydrogen-bond donors (Lipinski definition) is 1. The zero-order chi connectivity index (χ0) is 17.4. The summed E-state index contributed by atoms with van der Waals surface area (Å²) >= 11 is 6.25. The molecule has 3 rings (SSSR count). The first-order valence-corrected chi connectivity index (χ1v) is 8.23. The first-order valence-electron chi connectivity index (χ1n) is 7.85. The van der Waals surface area contributed by atoms with Crippen molar-refractivity contribution in [3.8, 4) is 0 Å². The van der Waals surface area contributed by atoms with Gasteiger partial charge in [-0.25, -0.2) is 9.78 Å². The Morgan fingerprint density at radius 2 is 1.92 bits per heavy atom. The average Bonchev–Trinajstić information content (AvgIpc) is 2.85. The minimum atomic E-state index is -0.377. The second-order valence-corrected chi connectivity index (χ2v) is 6.61. The Hall–Kier alpha value is -2.18. The van der Waals surface area contributed by atoms with E-state index in [9.17, 15) is 4.79 Å². The minimum Gasteiger partial charge on any atom is -0.321 e. The van der Waals surface area contributed by atoms with Crippen LogP contribution in [0.25, 0.3) is 5.65 Å². The highest BCUT2D eigenvalue weighted by atomic mass is 35.5. The molecule has 0 aliphatic heterocycles. The second kappa shape index (κ2) is 6.37. The average molecular weight is 346 g/mol. The van der Waals surface area contributed by atoms with Crippen LogP contribution in [0.3, 0.4) is 0 Å². The molecule has 6 nitrogen and oxygen atoms in total. The number of hydrogen-bond acceptors (Lipinski definition) is 4. The molecule has 1 aromatic carbocycles. The third-order valence-electron chi connectivity index (χ3n) is 4.07. The van der Waals surface area contributed by atoms with Crippen LogP contribution in [0.4, 0.5) is 0 Å². The van der Waals surface area contributed by atoms with Crippen LogP contribution in [0.15, 0.2) is 35.1 Å². The SMILES string of the molecule is Cc1nn2c(=O)n(Cc3ccccc3)c([C@H](N)C(C)C)nc2c1Cl. The Balaban J connectivity index is 2.26. The third kappa shape index (κ3) is 2.83. The molecule has 24 heavy (non-hydrogen) atoms. The summed E-state index contributed by atoms with van der Waals surface area (Å²) < 4.78 is 2.83. The van der Waals surface area contributed by atoms with Gasteiger partial charge < -0.3 is 5.73 Å². The van der Waals surface area contributed by atoms with Crippen molar-refractivity contribution in [1.29, 1.82) is 0 Å². The number of benzene rings is 1. The van der Waals surface area contributed by atoms with Crippen LogP contribution in [-0.4, -0.2) is 19.2 Å². The van der Waals surface area contributed by atoms with Crippen LogP contribution in [-0.2, 0) is 6.54 Å². The van der Waals surface area contributed by atoms with Crippen molar-refractivity contribution < 1.29 is 0 Å². The number of nitrogens with two attached hydrogens (primary N) is 1. The van der Waals surface area contributed by atoms with Crippen LogP contribution in [0.1, 0.15) is 37.0 Å². The topological polar surface area (TPSA) is 78.2 Å². The van der Waals surface area contributed by atoms with E-state index < -0.39 is 0 Å². The van der Waals surface area contributed by atoms with Crippen molar-refractivity contribution in [2.75, 3.05) is 0 Å². The predicted octanol–water partition coefficient (Wildman–Crippen LogP) is 2.56. The van der Waals surface area contributed by atoms with E-state index in [0.29, 0.717) is 28.7 Å². The van der Waals surface area contributed by atoms with Gasteiger partial charge in [-0.3, -0.25) is 4.57 Å². The molecule has 0 amide bonds. The molecule has 126 valence electrons. The van der Waals surface area contributed by atoms with E-state index in [1.54, 1.807) is 11.5 Å². The van der Waals surface area contributed by atoms with Crippen LogP contribution in [0.5, 0.6) is 0 Å². The number of aryl methyl sites for hydroxylation is 1. The zero-order valence-corrected chi connectivity index (χ0v) is 14.7. The quantitative estimate of drug-likeness (QED) is 0.788. The molecule has 0 aliphatic rings. The van der Waals surface area contributed by atoms with E-state index in [-0.39, 0.29) is 17.6 Å². The fraction of sp³-hybridized carbons (Fsp3) is 0.353. The van der Waals surface area contributed by atoms with Crippen LogP contribution >= 0.6 is 11.6 Å². The van der Waals surface area contributed by atoms with Gasteiger partial charge in [0.25, 0.3) is 0 Å². The van der Waals surface area contributed by atoms with E-state index in [4.69, 9.17) is 17.3 Å². The molecule has 0 bridgehead atoms. The molecule has 0 radical (unpaired) electrons. The second-order valence-electron chi connectivity index (χ2n) is 6.23. The third-order valence-corrected chi connectivity index (χ3v) is 4.52. The van der Waals surface area contributed by atoms with Gasteiger partial charge in [-0.05, 0) is 18.4 Å². The van der Waals surface area contributed by atoms with Gasteiger partial charge in [0.2, 0.25) is 0 Å². The van der Waals surface area contributed by atoms with E-state index in [1.807, 2.05) is 44.2 Å². The van der Waals surface area contributed by atoms with E-state index in [1.165, 1.54) is 4.52 Å². The van der Waals surface area contributed by atoms with Gasteiger partial charge >= 0.3 is 5.69 Å². The van der Waals surface area contributed by atoms with E-state index in [2.05, 4.69) is 10.1 Å². The normalized spacial score (nSPS) is 12.9. The van der Waals surface area contributed by atoms with E-state index in [0.717, 1.165) is 5.56 Å². The highest BCUT2D eigenvalue weighted by molar-refractivity contribution is 6.34. The molecule has 0 saturated carbocycles. The van der Waals surface area contributed by atoms with Gasteiger partial charge in [0.05, 0.1) is 18.3 Å². The van der Waals surface area contributed by atoms with Gasteiger partial charge in [0, 0.05) is 0 Å². The summed E-state index contributed by atoms with van der Waals surface area (Å²) in [6.07, 6.45) is 0. The summed E-state index contributed by atoms with van der Waals surface area (Å²) in [5.41, 5.74) is 7.95. The molecule has 3 aromatic rings. The lowest BCUT2D eigenvalue weighted by atomic mass is 10.0. The van der Waals surface area contributed by atoms with Gasteiger partial charge in [0.1, 0.15) is 10.8 Å². The zero-order valence-electron chi connectivity index (χ0n) is 13.9. The molecule has 0 unspecified atom stereocenters. The van der Waals surface area contributed by atoms with Crippen LogP contribution in [0, 0.1) is 12.8 Å². The number of fused-ring (bicyclic) bond motifs is 1. The molecule has 0 fully saturated rings. The highest BCUT2D eigenvalue weighted by Gasteiger charge is 2.22. The molecule has 0 spiro atoms. The molecule has 2 aromatic heterocycles. The molecule has 2 heterocycles. The molecule has 0 aliphatic carbocycles. The monoisotopic (exact) mass is 345 g/mol. The van der Waals surface area contributed by atoms with Crippen molar-refractivity contribution in [2.45, 2.75) is 33.4 Å². The van der Waals surface area contributed by atoms with Crippen molar-refractivity contribution in [3.63, 3.8) is 0 Å². The van der Waals surface area contributed by atoms with Gasteiger partial charge in [-0.15, -0.1) is 0 Å². The van der Waals surface area contributed by atoms with Gasteiger partial charge in [0.15, 0.2) is 5.65 Å². The van der Waals surface area contributed by atoms with Crippen molar-refractivity contribution in [2.24, 2.45) is 11.7 Å². The Morgan fingerprint density at radius 3 is 2.54 bits per heavy atom. The number of nitrogens with zero attached hydrogens (tertiary/aromatic N) is 4. The first kappa shape index (κ1) is 16.7. The summed E-state index contributed by atoms with van der Waals surface area (Å²) in [5.74, 6) is 0.650. The summed E-state index contributed by atoms with van der Waals surface area (Å²) in [5, 5.41) is 4.59. The Morgan fingerprint density at radius 1 is 1.25 bits per heavy atom. The van der Waals surface area contributed by atoms with Crippen molar-refractivity contribution in [3.05, 3.63) is 62.9 Å². The highest BCUT2D eigenvalue weighted by Crippen LogP contribution is 2.22. The maximum atomic E-state index is 13.0. The van der Waals surface area contributed by atoms with Gasteiger partial charge in [-0.2, -0.15) is 9.61 Å². The molecular weight excluding hydrogens is 326 g/mol. The lowest BCUT2D eigenvalue weighted by molar-refractivity contribution is 0.454. The molecular formula is C17H20ClN5O. The Bertz CT molecular complexity index is 930. The summed E-state index contributed by atoms with van der Waals surface area (Å²) in [6.45, 7) is 6.13. The smallest absolute Gasteiger partial charge is 0.321 e. The molecule has 1 atom stereocenters. The van der Waals surface area contributed by atoms with Crippen LogP contribution < -0.4 is 11.4 Å².